The van der Waals surface area contributed by atoms with Gasteiger partial charge < -0.3 is 10.2 Å². The van der Waals surface area contributed by atoms with Crippen LogP contribution in [0.25, 0.3) is 77.7 Å². The van der Waals surface area contributed by atoms with E-state index < -0.39 is 0 Å². The maximum absolute atomic E-state index is 11.6. The van der Waals surface area contributed by atoms with Gasteiger partial charge in [-0.2, -0.15) is 0 Å². The first kappa shape index (κ1) is 29.5. The highest BCUT2D eigenvalue weighted by Gasteiger charge is 2.18. The number of benzene rings is 7. The molecule has 5 nitrogen and oxygen atoms in total. The largest absolute Gasteiger partial charge is 0.386 e. The minimum Gasteiger partial charge on any atom is -0.386 e. The van der Waals surface area contributed by atoms with Crippen LogP contribution in [0.4, 0.5) is 11.4 Å². The second-order valence-corrected chi connectivity index (χ2v) is 12.2. The predicted molar refractivity (Wildman–Crippen MR) is 208 cm³/mol. The molecule has 0 saturated heterocycles. The Bertz CT molecular complexity index is 2500. The molecule has 0 aliphatic heterocycles. The molecule has 50 heavy (non-hydrogen) atoms. The van der Waals surface area contributed by atoms with Gasteiger partial charge in [0.15, 0.2) is 5.82 Å². The van der Waals surface area contributed by atoms with Gasteiger partial charge in [-0.3, -0.25) is 4.79 Å². The third-order valence-corrected chi connectivity index (χ3v) is 9.22. The molecule has 1 heterocycles. The van der Waals surface area contributed by atoms with Crippen molar-refractivity contribution in [3.63, 3.8) is 0 Å². The maximum atomic E-state index is 11.6. The fourth-order valence-corrected chi connectivity index (χ4v) is 6.79. The first-order valence-corrected chi connectivity index (χ1v) is 16.6. The minimum absolute atomic E-state index is 0.292. The van der Waals surface area contributed by atoms with Crippen LogP contribution in [-0.4, -0.2) is 30.5 Å². The molecule has 0 fully saturated rings. The monoisotopic (exact) mass is 647 g/mol. The van der Waals surface area contributed by atoms with E-state index in [-0.39, 0.29) is 0 Å². The number of aromatic nitrogens is 2. The summed E-state index contributed by atoms with van der Waals surface area (Å²) in [5, 5.41) is 7.83. The zero-order valence-electron chi connectivity index (χ0n) is 28.8. The molecule has 240 valence electrons. The molecule has 0 aliphatic rings. The molecular weight excluding hydrogens is 613 g/mol. The molecular formula is C45H34N4O. The van der Waals surface area contributed by atoms with Gasteiger partial charge >= 0.3 is 0 Å². The van der Waals surface area contributed by atoms with E-state index in [4.69, 9.17) is 9.97 Å². The SMILES string of the molecule is [2H]c1c(-c2ccccc2)nc(-c2ccccc2)nc1-c1ccc(-c2c3ccccc3c(-c3ccc(N(C)C=O)c(NC)c3)c3ccccc23)cc1. The molecule has 0 spiro atoms. The number of nitrogens with zero attached hydrogens (tertiary/aromatic N) is 3. The van der Waals surface area contributed by atoms with Crippen molar-refractivity contribution in [1.29, 1.82) is 0 Å². The molecule has 8 aromatic rings. The standard InChI is InChI=1S/C45H34N4O/c1-46-41-27-34(25-26-42(41)49(2)29-50)44-37-19-11-9-17-35(37)43(36-18-10-12-20-38(36)44)32-23-21-31(22-24-32)40-28-39(30-13-5-3-6-14-30)47-45(48-40)33-15-7-4-8-16-33/h3-29,46H,1-2H3/i28D. The van der Waals surface area contributed by atoms with Crippen molar-refractivity contribution in [2.45, 2.75) is 0 Å². The molecule has 0 aliphatic carbocycles. The summed E-state index contributed by atoms with van der Waals surface area (Å²) < 4.78 is 9.25. The highest BCUT2D eigenvalue weighted by molar-refractivity contribution is 6.21. The van der Waals surface area contributed by atoms with Crippen LogP contribution in [0.5, 0.6) is 0 Å². The zero-order chi connectivity index (χ0) is 34.9. The van der Waals surface area contributed by atoms with Gasteiger partial charge in [0.25, 0.3) is 0 Å². The molecule has 0 unspecified atom stereocenters. The molecule has 0 bridgehead atoms. The van der Waals surface area contributed by atoms with Gasteiger partial charge in [-0.05, 0) is 62.0 Å². The van der Waals surface area contributed by atoms with Crippen LogP contribution in [0.2, 0.25) is 0 Å². The van der Waals surface area contributed by atoms with E-state index in [0.717, 1.165) is 78.3 Å². The molecule has 1 N–H and O–H groups in total. The third-order valence-electron chi connectivity index (χ3n) is 9.22. The van der Waals surface area contributed by atoms with Crippen LogP contribution < -0.4 is 10.2 Å². The Labute approximate surface area is 292 Å². The van der Waals surface area contributed by atoms with Gasteiger partial charge in [0.05, 0.1) is 24.1 Å². The maximum Gasteiger partial charge on any atom is 0.213 e. The van der Waals surface area contributed by atoms with E-state index in [0.29, 0.717) is 23.3 Å². The fraction of sp³-hybridized carbons (Fsp3) is 0.0444. The van der Waals surface area contributed by atoms with Crippen LogP contribution in [-0.2, 0) is 4.79 Å². The number of rotatable bonds is 8. The van der Waals surface area contributed by atoms with Gasteiger partial charge in [0.1, 0.15) is 0 Å². The number of hydrogen-bond donors (Lipinski definition) is 1. The third kappa shape index (κ3) is 5.55. The van der Waals surface area contributed by atoms with Gasteiger partial charge in [-0.15, -0.1) is 0 Å². The summed E-state index contributed by atoms with van der Waals surface area (Å²) in [4.78, 5) is 23.0. The van der Waals surface area contributed by atoms with Gasteiger partial charge in [-0.1, -0.05) is 140 Å². The van der Waals surface area contributed by atoms with Crippen molar-refractivity contribution < 1.29 is 6.17 Å². The second kappa shape index (κ2) is 13.1. The molecule has 1 amide bonds. The van der Waals surface area contributed by atoms with Crippen molar-refractivity contribution in [3.8, 4) is 56.2 Å². The minimum atomic E-state index is 0.292. The molecule has 0 saturated carbocycles. The number of carbonyl (C=O) groups is 1. The van der Waals surface area contributed by atoms with Crippen LogP contribution in [0, 0.1) is 0 Å². The highest BCUT2D eigenvalue weighted by atomic mass is 16.1. The summed E-state index contributed by atoms with van der Waals surface area (Å²) in [6, 6.07) is 51.8. The average Bonchev–Trinajstić information content (AvgIpc) is 3.20. The summed E-state index contributed by atoms with van der Waals surface area (Å²) in [5.74, 6) is 0.587. The first-order valence-electron chi connectivity index (χ1n) is 17.1. The van der Waals surface area contributed by atoms with Crippen molar-refractivity contribution in [3.05, 3.63) is 158 Å². The Balaban J connectivity index is 1.30. The summed E-state index contributed by atoms with van der Waals surface area (Å²) in [6.07, 6.45) is 0.820. The van der Waals surface area contributed by atoms with E-state index in [9.17, 15) is 6.17 Å². The van der Waals surface area contributed by atoms with E-state index in [2.05, 4.69) is 90.2 Å². The van der Waals surface area contributed by atoms with Crippen molar-refractivity contribution in [2.75, 3.05) is 24.3 Å². The molecule has 0 radical (unpaired) electrons. The summed E-state index contributed by atoms with van der Waals surface area (Å²) >= 11 is 0. The highest BCUT2D eigenvalue weighted by Crippen LogP contribution is 2.45. The van der Waals surface area contributed by atoms with Crippen molar-refractivity contribution >= 4 is 39.3 Å². The lowest BCUT2D eigenvalue weighted by atomic mass is 9.85. The number of fused-ring (bicyclic) bond motifs is 2. The average molecular weight is 648 g/mol. The summed E-state index contributed by atoms with van der Waals surface area (Å²) in [7, 11) is 3.63. The van der Waals surface area contributed by atoms with E-state index in [1.807, 2.05) is 73.8 Å². The van der Waals surface area contributed by atoms with Crippen LogP contribution in [0.1, 0.15) is 1.37 Å². The summed E-state index contributed by atoms with van der Waals surface area (Å²) in [6.45, 7) is 0. The lowest BCUT2D eigenvalue weighted by molar-refractivity contribution is -0.107. The number of hydrogen-bond acceptors (Lipinski definition) is 4. The van der Waals surface area contributed by atoms with Gasteiger partial charge in [-0.25, -0.2) is 9.97 Å². The normalized spacial score (nSPS) is 11.4. The zero-order valence-corrected chi connectivity index (χ0v) is 27.8. The van der Waals surface area contributed by atoms with Gasteiger partial charge in [0.2, 0.25) is 6.41 Å². The lowest BCUT2D eigenvalue weighted by Gasteiger charge is -2.20. The molecule has 1 aromatic heterocycles. The Hall–Kier alpha value is -6.59. The quantitative estimate of drug-likeness (QED) is 0.132. The Kier molecular flexibility index (Phi) is 7.76. The van der Waals surface area contributed by atoms with Crippen LogP contribution >= 0.6 is 0 Å². The smallest absolute Gasteiger partial charge is 0.213 e. The number of carbonyl (C=O) groups excluding carboxylic acids is 1. The van der Waals surface area contributed by atoms with E-state index in [1.54, 1.807) is 11.9 Å². The first-order chi connectivity index (χ1) is 25.1. The Morgan fingerprint density at radius 2 is 1.00 bits per heavy atom. The van der Waals surface area contributed by atoms with Crippen LogP contribution in [0.15, 0.2) is 158 Å². The van der Waals surface area contributed by atoms with Crippen molar-refractivity contribution in [1.82, 2.24) is 9.97 Å². The fourth-order valence-electron chi connectivity index (χ4n) is 6.79. The number of nitrogens with one attached hydrogen (secondary N) is 1. The molecule has 0 atom stereocenters. The van der Waals surface area contributed by atoms with Crippen LogP contribution in [0.3, 0.4) is 0 Å². The topological polar surface area (TPSA) is 58.1 Å². The molecule has 5 heteroatoms. The predicted octanol–water partition coefficient (Wildman–Crippen LogP) is 10.8. The number of amides is 1. The van der Waals surface area contributed by atoms with Crippen molar-refractivity contribution in [2.24, 2.45) is 0 Å². The van der Waals surface area contributed by atoms with E-state index in [1.165, 1.54) is 0 Å². The molecule has 8 rings (SSSR count). The second-order valence-electron chi connectivity index (χ2n) is 12.2. The Morgan fingerprint density at radius 3 is 1.52 bits per heavy atom. The Morgan fingerprint density at radius 1 is 0.560 bits per heavy atom. The summed E-state index contributed by atoms with van der Waals surface area (Å²) in [5.41, 5.74) is 9.93. The number of anilines is 2. The van der Waals surface area contributed by atoms with Gasteiger partial charge in [0, 0.05) is 30.8 Å². The lowest BCUT2D eigenvalue weighted by Crippen LogP contribution is -2.15. The van der Waals surface area contributed by atoms with E-state index >= 15 is 0 Å². The molecule has 7 aromatic carbocycles.